The summed E-state index contributed by atoms with van der Waals surface area (Å²) in [5.41, 5.74) is 3.19. The third kappa shape index (κ3) is 5.11. The lowest BCUT2D eigenvalue weighted by atomic mass is 10.1. The van der Waals surface area contributed by atoms with Crippen molar-refractivity contribution in [2.45, 2.75) is 39.7 Å². The molecule has 0 bridgehead atoms. The normalized spacial score (nSPS) is 11.9. The molecule has 0 spiro atoms. The van der Waals surface area contributed by atoms with E-state index in [1.54, 1.807) is 17.7 Å². The smallest absolute Gasteiger partial charge is 0.266 e. The first-order chi connectivity index (χ1) is 16.9. The number of aromatic nitrogens is 2. The quantitative estimate of drug-likeness (QED) is 0.354. The number of hydrogen-bond acceptors (Lipinski definition) is 4. The molecular weight excluding hydrogens is 438 g/mol. The van der Waals surface area contributed by atoms with Crippen molar-refractivity contribution in [3.63, 3.8) is 0 Å². The number of carbonyl (C=O) groups excluding carboxylic acids is 1. The summed E-state index contributed by atoms with van der Waals surface area (Å²) < 4.78 is 6.89. The molecule has 0 aliphatic carbocycles. The van der Waals surface area contributed by atoms with E-state index in [0.717, 1.165) is 29.0 Å². The zero-order chi connectivity index (χ0) is 24.9. The van der Waals surface area contributed by atoms with E-state index in [-0.39, 0.29) is 17.9 Å². The van der Waals surface area contributed by atoms with E-state index in [2.05, 4.69) is 0 Å². The zero-order valence-corrected chi connectivity index (χ0v) is 20.7. The number of hydrogen-bond donors (Lipinski definition) is 0. The van der Waals surface area contributed by atoms with E-state index in [1.165, 1.54) is 0 Å². The Morgan fingerprint density at radius 1 is 1.06 bits per heavy atom. The van der Waals surface area contributed by atoms with E-state index in [1.807, 2.05) is 92.4 Å². The van der Waals surface area contributed by atoms with Gasteiger partial charge in [0.1, 0.15) is 11.6 Å². The SMILES string of the molecule is CCCN(C(=O)Cc1ccc(OC)cc1)C(C)c1nc2ccccc2c(=O)n1-c1cccc(C)c1. The first-order valence-corrected chi connectivity index (χ1v) is 11.9. The van der Waals surface area contributed by atoms with Crippen LogP contribution in [-0.2, 0) is 11.2 Å². The van der Waals surface area contributed by atoms with Crippen molar-refractivity contribution in [3.05, 3.63) is 100 Å². The maximum absolute atomic E-state index is 13.7. The summed E-state index contributed by atoms with van der Waals surface area (Å²) in [5.74, 6) is 1.29. The molecule has 4 rings (SSSR count). The first kappa shape index (κ1) is 24.2. The Morgan fingerprint density at radius 3 is 2.49 bits per heavy atom. The molecule has 3 aromatic carbocycles. The Bertz CT molecular complexity index is 1390. The molecule has 1 heterocycles. The lowest BCUT2D eigenvalue weighted by Crippen LogP contribution is -2.38. The predicted octanol–water partition coefficient (Wildman–Crippen LogP) is 5.25. The van der Waals surface area contributed by atoms with Crippen molar-refractivity contribution in [1.82, 2.24) is 14.5 Å². The van der Waals surface area contributed by atoms with Gasteiger partial charge < -0.3 is 9.64 Å². The second kappa shape index (κ2) is 10.6. The van der Waals surface area contributed by atoms with Crippen molar-refractivity contribution in [2.24, 2.45) is 0 Å². The Balaban J connectivity index is 1.79. The van der Waals surface area contributed by atoms with Gasteiger partial charge in [-0.3, -0.25) is 14.2 Å². The molecule has 0 radical (unpaired) electrons. The van der Waals surface area contributed by atoms with Gasteiger partial charge in [0.25, 0.3) is 5.56 Å². The van der Waals surface area contributed by atoms with Gasteiger partial charge in [0.15, 0.2) is 0 Å². The molecule has 1 atom stereocenters. The van der Waals surface area contributed by atoms with Crippen molar-refractivity contribution in [2.75, 3.05) is 13.7 Å². The Morgan fingerprint density at radius 2 is 1.80 bits per heavy atom. The summed E-state index contributed by atoms with van der Waals surface area (Å²) in [7, 11) is 1.62. The standard InChI is InChI=1S/C29H31N3O3/c1-5-17-31(27(33)19-22-13-15-24(35-4)16-14-22)21(3)28-30-26-12-7-6-11-25(26)29(34)32(28)23-10-8-9-20(2)18-23/h6-16,18,21H,5,17,19H2,1-4H3. The van der Waals surface area contributed by atoms with E-state index >= 15 is 0 Å². The molecule has 0 aliphatic rings. The Kier molecular flexibility index (Phi) is 7.30. The topological polar surface area (TPSA) is 64.4 Å². The monoisotopic (exact) mass is 469 g/mol. The van der Waals surface area contributed by atoms with E-state index < -0.39 is 6.04 Å². The minimum atomic E-state index is -0.404. The summed E-state index contributed by atoms with van der Waals surface area (Å²) in [6.07, 6.45) is 1.05. The highest BCUT2D eigenvalue weighted by atomic mass is 16.5. The molecule has 6 heteroatoms. The van der Waals surface area contributed by atoms with Crippen molar-refractivity contribution >= 4 is 16.8 Å². The van der Waals surface area contributed by atoms with Gasteiger partial charge in [0.2, 0.25) is 5.91 Å². The van der Waals surface area contributed by atoms with Gasteiger partial charge in [-0.2, -0.15) is 0 Å². The number of fused-ring (bicyclic) bond motifs is 1. The van der Waals surface area contributed by atoms with Crippen LogP contribution < -0.4 is 10.3 Å². The van der Waals surface area contributed by atoms with Crippen LogP contribution in [0.2, 0.25) is 0 Å². The van der Waals surface area contributed by atoms with Crippen LogP contribution in [0.5, 0.6) is 5.75 Å². The fraction of sp³-hybridized carbons (Fsp3) is 0.276. The van der Waals surface area contributed by atoms with E-state index in [9.17, 15) is 9.59 Å². The summed E-state index contributed by atoms with van der Waals surface area (Å²) in [6.45, 7) is 6.55. The number of nitrogens with zero attached hydrogens (tertiary/aromatic N) is 3. The van der Waals surface area contributed by atoms with Crippen LogP contribution in [0.15, 0.2) is 77.6 Å². The van der Waals surface area contributed by atoms with Crippen LogP contribution in [-0.4, -0.2) is 34.0 Å². The van der Waals surface area contributed by atoms with Gasteiger partial charge in [-0.1, -0.05) is 43.3 Å². The number of ether oxygens (including phenoxy) is 1. The molecule has 35 heavy (non-hydrogen) atoms. The second-order valence-electron chi connectivity index (χ2n) is 8.75. The maximum atomic E-state index is 13.7. The number of methoxy groups -OCH3 is 1. The van der Waals surface area contributed by atoms with Gasteiger partial charge in [-0.05, 0) is 67.8 Å². The maximum Gasteiger partial charge on any atom is 0.266 e. The second-order valence-corrected chi connectivity index (χ2v) is 8.75. The van der Waals surface area contributed by atoms with Crippen LogP contribution in [0.1, 0.15) is 43.3 Å². The number of benzene rings is 3. The lowest BCUT2D eigenvalue weighted by molar-refractivity contribution is -0.132. The molecule has 1 aromatic heterocycles. The highest BCUT2D eigenvalue weighted by Gasteiger charge is 2.26. The van der Waals surface area contributed by atoms with Gasteiger partial charge in [-0.15, -0.1) is 0 Å². The van der Waals surface area contributed by atoms with Crippen LogP contribution in [0, 0.1) is 6.92 Å². The van der Waals surface area contributed by atoms with Crippen LogP contribution in [0.25, 0.3) is 16.6 Å². The number of amides is 1. The molecule has 0 saturated carbocycles. The minimum Gasteiger partial charge on any atom is -0.497 e. The number of carbonyl (C=O) groups is 1. The van der Waals surface area contributed by atoms with Crippen molar-refractivity contribution < 1.29 is 9.53 Å². The molecule has 0 fully saturated rings. The summed E-state index contributed by atoms with van der Waals surface area (Å²) in [5, 5.41) is 0.552. The number of para-hydroxylation sites is 1. The molecule has 180 valence electrons. The molecule has 0 aliphatic heterocycles. The van der Waals surface area contributed by atoms with E-state index in [4.69, 9.17) is 9.72 Å². The largest absolute Gasteiger partial charge is 0.497 e. The minimum absolute atomic E-state index is 0.0114. The fourth-order valence-electron chi connectivity index (χ4n) is 4.38. The van der Waals surface area contributed by atoms with Gasteiger partial charge in [0.05, 0.1) is 36.2 Å². The predicted molar refractivity (Wildman–Crippen MR) is 139 cm³/mol. The first-order valence-electron chi connectivity index (χ1n) is 11.9. The molecule has 1 amide bonds. The summed E-state index contributed by atoms with van der Waals surface area (Å²) in [4.78, 5) is 33.9. The fourth-order valence-corrected chi connectivity index (χ4v) is 4.38. The zero-order valence-electron chi connectivity index (χ0n) is 20.7. The van der Waals surface area contributed by atoms with Gasteiger partial charge in [0, 0.05) is 6.54 Å². The molecule has 1 unspecified atom stereocenters. The van der Waals surface area contributed by atoms with Gasteiger partial charge >= 0.3 is 0 Å². The highest BCUT2D eigenvalue weighted by molar-refractivity contribution is 5.80. The molecular formula is C29H31N3O3. The Labute approximate surface area is 205 Å². The molecule has 4 aromatic rings. The van der Waals surface area contributed by atoms with Crippen LogP contribution in [0.3, 0.4) is 0 Å². The molecule has 0 saturated heterocycles. The lowest BCUT2D eigenvalue weighted by Gasteiger charge is -2.30. The molecule has 0 N–H and O–H groups in total. The summed E-state index contributed by atoms with van der Waals surface area (Å²) >= 11 is 0. The average Bonchev–Trinajstić information content (AvgIpc) is 2.87. The highest BCUT2D eigenvalue weighted by Crippen LogP contribution is 2.24. The Hall–Kier alpha value is -3.93. The molecule has 6 nitrogen and oxygen atoms in total. The number of rotatable bonds is 8. The van der Waals surface area contributed by atoms with E-state index in [0.29, 0.717) is 23.3 Å². The van der Waals surface area contributed by atoms with Crippen LogP contribution >= 0.6 is 0 Å². The van der Waals surface area contributed by atoms with Gasteiger partial charge in [-0.25, -0.2) is 4.98 Å². The summed E-state index contributed by atoms with van der Waals surface area (Å²) in [6, 6.07) is 22.3. The third-order valence-electron chi connectivity index (χ3n) is 6.20. The average molecular weight is 470 g/mol. The van der Waals surface area contributed by atoms with Crippen LogP contribution in [0.4, 0.5) is 0 Å². The van der Waals surface area contributed by atoms with Crippen molar-refractivity contribution in [1.29, 1.82) is 0 Å². The van der Waals surface area contributed by atoms with Crippen molar-refractivity contribution in [3.8, 4) is 11.4 Å². The third-order valence-corrected chi connectivity index (χ3v) is 6.20. The number of aryl methyl sites for hydroxylation is 1.